The fraction of sp³-hybridized carbons (Fsp3) is 0.350. The zero-order chi connectivity index (χ0) is 22.0. The van der Waals surface area contributed by atoms with Gasteiger partial charge in [-0.15, -0.1) is 10.1 Å². The van der Waals surface area contributed by atoms with Gasteiger partial charge in [0.1, 0.15) is 12.2 Å². The van der Waals surface area contributed by atoms with E-state index in [0.29, 0.717) is 27.0 Å². The van der Waals surface area contributed by atoms with Gasteiger partial charge in [0.15, 0.2) is 12.2 Å². The maximum absolute atomic E-state index is 12.6. The van der Waals surface area contributed by atoms with Crippen LogP contribution in [0.2, 0.25) is 10.0 Å². The van der Waals surface area contributed by atoms with Crippen LogP contribution >= 0.6 is 23.2 Å². The van der Waals surface area contributed by atoms with Crippen molar-refractivity contribution in [2.45, 2.75) is 30.8 Å². The van der Waals surface area contributed by atoms with Gasteiger partial charge in [-0.2, -0.15) is 0 Å². The summed E-state index contributed by atoms with van der Waals surface area (Å²) in [6.45, 7) is 0.0729. The smallest absolute Gasteiger partial charge is 0.310 e. The molecule has 4 rings (SSSR count). The molecule has 1 N–H and O–H groups in total. The number of nitrogens with one attached hydrogen (secondary N) is 1. The lowest BCUT2D eigenvalue weighted by atomic mass is 10.1. The summed E-state index contributed by atoms with van der Waals surface area (Å²) in [6.07, 6.45) is -2.79. The van der Waals surface area contributed by atoms with E-state index in [0.717, 1.165) is 0 Å². The normalized spacial score (nSPS) is 24.5. The van der Waals surface area contributed by atoms with E-state index in [-0.39, 0.29) is 19.6 Å². The van der Waals surface area contributed by atoms with Gasteiger partial charge in [0.2, 0.25) is 0 Å². The second-order valence-corrected chi connectivity index (χ2v) is 7.86. The van der Waals surface area contributed by atoms with Crippen LogP contribution in [-0.2, 0) is 30.3 Å². The summed E-state index contributed by atoms with van der Waals surface area (Å²) in [5.41, 5.74) is 1.88. The molecule has 31 heavy (non-hydrogen) atoms. The lowest BCUT2D eigenvalue weighted by Crippen LogP contribution is -2.36. The van der Waals surface area contributed by atoms with Crippen LogP contribution in [0.4, 0.5) is 11.4 Å². The molecule has 2 saturated heterocycles. The van der Waals surface area contributed by atoms with Gasteiger partial charge in [-0.05, 0) is 23.8 Å². The third-order valence-corrected chi connectivity index (χ3v) is 5.67. The fourth-order valence-corrected chi connectivity index (χ4v) is 4.14. The number of carbonyl (C=O) groups is 1. The van der Waals surface area contributed by atoms with Crippen molar-refractivity contribution in [1.29, 1.82) is 0 Å². The highest BCUT2D eigenvalue weighted by atomic mass is 35.5. The van der Waals surface area contributed by atoms with Crippen LogP contribution in [0.1, 0.15) is 5.56 Å². The molecule has 0 radical (unpaired) electrons. The quantitative estimate of drug-likeness (QED) is 0.373. The van der Waals surface area contributed by atoms with Crippen LogP contribution in [0.15, 0.2) is 42.5 Å². The molecule has 9 nitrogen and oxygen atoms in total. The molecule has 0 spiro atoms. The molecule has 2 heterocycles. The molecule has 4 atom stereocenters. The van der Waals surface area contributed by atoms with E-state index in [2.05, 4.69) is 10.2 Å². The first-order valence-corrected chi connectivity index (χ1v) is 10.2. The van der Waals surface area contributed by atoms with Crippen LogP contribution < -0.4 is 5.32 Å². The van der Waals surface area contributed by atoms with E-state index in [4.69, 9.17) is 37.4 Å². The van der Waals surface area contributed by atoms with Gasteiger partial charge in [0.25, 0.3) is 5.09 Å². The van der Waals surface area contributed by atoms with E-state index < -0.39 is 35.5 Å². The Bertz CT molecular complexity index is 970. The van der Waals surface area contributed by atoms with Gasteiger partial charge < -0.3 is 24.4 Å². The molecule has 164 valence electrons. The SMILES string of the molecule is O=C(Cc1ccccc1Nc1c(Cl)cccc1Cl)O[C@H]1CO[C@H]2[C@@H]1OC[C@H]2O[N+](=O)[O-]. The molecule has 11 heteroatoms. The van der Waals surface area contributed by atoms with Crippen LogP contribution in [0.25, 0.3) is 0 Å². The summed E-state index contributed by atoms with van der Waals surface area (Å²) in [7, 11) is 0. The average Bonchev–Trinajstić information content (AvgIpc) is 3.29. The van der Waals surface area contributed by atoms with E-state index in [1.54, 1.807) is 36.4 Å². The number of halogens is 2. The molecule has 2 fully saturated rings. The van der Waals surface area contributed by atoms with Gasteiger partial charge in [-0.25, -0.2) is 0 Å². The van der Waals surface area contributed by atoms with Crippen molar-refractivity contribution in [3.8, 4) is 0 Å². The van der Waals surface area contributed by atoms with Gasteiger partial charge in [0, 0.05) is 5.69 Å². The third-order valence-electron chi connectivity index (χ3n) is 5.04. The fourth-order valence-electron chi connectivity index (χ4n) is 3.65. The largest absolute Gasteiger partial charge is 0.457 e. The van der Waals surface area contributed by atoms with Gasteiger partial charge in [-0.1, -0.05) is 47.5 Å². The second kappa shape index (κ2) is 9.27. The lowest BCUT2D eigenvalue weighted by Gasteiger charge is -2.18. The lowest BCUT2D eigenvalue weighted by molar-refractivity contribution is -0.769. The summed E-state index contributed by atoms with van der Waals surface area (Å²) in [6, 6.07) is 12.4. The predicted molar refractivity (Wildman–Crippen MR) is 111 cm³/mol. The van der Waals surface area contributed by atoms with Crippen molar-refractivity contribution in [3.05, 3.63) is 68.2 Å². The van der Waals surface area contributed by atoms with Gasteiger partial charge in [-0.3, -0.25) is 4.79 Å². The van der Waals surface area contributed by atoms with Crippen LogP contribution in [0, 0.1) is 10.1 Å². The number of hydrogen-bond acceptors (Lipinski definition) is 8. The first-order chi connectivity index (χ1) is 14.9. The van der Waals surface area contributed by atoms with Crippen molar-refractivity contribution in [2.75, 3.05) is 18.5 Å². The molecule has 0 aromatic heterocycles. The molecular formula is C20H18Cl2N2O7. The van der Waals surface area contributed by atoms with Crippen LogP contribution in [0.5, 0.6) is 0 Å². The summed E-state index contributed by atoms with van der Waals surface area (Å²) in [5.74, 6) is -0.490. The highest BCUT2D eigenvalue weighted by molar-refractivity contribution is 6.39. The number of nitrogens with zero attached hydrogens (tertiary/aromatic N) is 1. The highest BCUT2D eigenvalue weighted by Gasteiger charge is 2.51. The van der Waals surface area contributed by atoms with Crippen molar-refractivity contribution < 1.29 is 28.9 Å². The Morgan fingerprint density at radius 1 is 1.06 bits per heavy atom. The van der Waals surface area contributed by atoms with E-state index in [9.17, 15) is 14.9 Å². The molecule has 0 unspecified atom stereocenters. The molecule has 0 bridgehead atoms. The molecule has 2 aromatic carbocycles. The molecule has 0 saturated carbocycles. The average molecular weight is 469 g/mol. The highest BCUT2D eigenvalue weighted by Crippen LogP contribution is 2.34. The first-order valence-electron chi connectivity index (χ1n) is 9.45. The first kappa shape index (κ1) is 21.6. The Balaban J connectivity index is 1.40. The topological polar surface area (TPSA) is 109 Å². The van der Waals surface area contributed by atoms with Crippen LogP contribution in [0.3, 0.4) is 0 Å². The predicted octanol–water partition coefficient (Wildman–Crippen LogP) is 3.57. The Hall–Kier alpha value is -2.59. The summed E-state index contributed by atoms with van der Waals surface area (Å²) >= 11 is 12.5. The molecular weight excluding hydrogens is 451 g/mol. The number of ether oxygens (including phenoxy) is 3. The standard InChI is InChI=1S/C20H18Cl2N2O7/c21-12-5-3-6-13(22)18(12)23-14-7-2-1-4-11(14)8-17(25)30-15-9-28-20-16(31-24(26)27)10-29-19(15)20/h1-7,15-16,19-20,23H,8-10H2/t15-,16+,19+,20+/m0/s1. The summed E-state index contributed by atoms with van der Waals surface area (Å²) < 4.78 is 16.6. The molecule has 2 aliphatic rings. The number of anilines is 2. The maximum Gasteiger partial charge on any atom is 0.310 e. The molecule has 2 aromatic rings. The Kier molecular flexibility index (Phi) is 6.47. The Morgan fingerprint density at radius 2 is 1.71 bits per heavy atom. The molecule has 0 amide bonds. The number of rotatable bonds is 7. The minimum Gasteiger partial charge on any atom is -0.457 e. The van der Waals surface area contributed by atoms with Crippen molar-refractivity contribution in [1.82, 2.24) is 0 Å². The molecule has 2 aliphatic heterocycles. The second-order valence-electron chi connectivity index (χ2n) is 7.05. The zero-order valence-electron chi connectivity index (χ0n) is 16.0. The number of carbonyl (C=O) groups excluding carboxylic acids is 1. The zero-order valence-corrected chi connectivity index (χ0v) is 17.5. The van der Waals surface area contributed by atoms with E-state index >= 15 is 0 Å². The van der Waals surface area contributed by atoms with Crippen molar-refractivity contribution >= 4 is 40.5 Å². The number of fused-ring (bicyclic) bond motifs is 1. The van der Waals surface area contributed by atoms with Crippen molar-refractivity contribution in [3.63, 3.8) is 0 Å². The van der Waals surface area contributed by atoms with Crippen LogP contribution in [-0.4, -0.2) is 48.7 Å². The van der Waals surface area contributed by atoms with Crippen molar-refractivity contribution in [2.24, 2.45) is 0 Å². The number of esters is 1. The summed E-state index contributed by atoms with van der Waals surface area (Å²) in [5, 5.41) is 13.8. The maximum atomic E-state index is 12.6. The Labute approximate surface area is 187 Å². The van der Waals surface area contributed by atoms with Gasteiger partial charge >= 0.3 is 5.97 Å². The van der Waals surface area contributed by atoms with E-state index in [1.807, 2.05) is 6.07 Å². The minimum absolute atomic E-state index is 0.00425. The Morgan fingerprint density at radius 3 is 2.42 bits per heavy atom. The minimum atomic E-state index is -0.881. The number of para-hydroxylation sites is 2. The summed E-state index contributed by atoms with van der Waals surface area (Å²) in [4.78, 5) is 27.7. The monoisotopic (exact) mass is 468 g/mol. The third kappa shape index (κ3) is 4.85. The number of benzene rings is 2. The number of hydrogen-bond donors (Lipinski definition) is 1. The van der Waals surface area contributed by atoms with Gasteiger partial charge in [0.05, 0.1) is 35.4 Å². The van der Waals surface area contributed by atoms with E-state index in [1.165, 1.54) is 0 Å². The molecule has 0 aliphatic carbocycles.